The number of rotatable bonds is 5. The molecule has 1 aliphatic rings. The summed E-state index contributed by atoms with van der Waals surface area (Å²) in [7, 11) is 0. The summed E-state index contributed by atoms with van der Waals surface area (Å²) in [5.74, 6) is -1.22. The van der Waals surface area contributed by atoms with Crippen LogP contribution in [0, 0.1) is 0 Å². The van der Waals surface area contributed by atoms with Crippen LogP contribution in [0.1, 0.15) is 6.42 Å². The van der Waals surface area contributed by atoms with Crippen molar-refractivity contribution >= 4 is 11.9 Å². The first-order valence-electron chi connectivity index (χ1n) is 7.04. The Morgan fingerprint density at radius 3 is 2.78 bits per heavy atom. The molecule has 0 radical (unpaired) electrons. The average molecular weight is 317 g/mol. The molecule has 1 aliphatic heterocycles. The standard InChI is InChI=1S/C14H15N5O4/c20-11(15-14(13(21)22)6-7-23-9-14)8-19-17-12(16-18-19)10-4-2-1-3-5-10/h1-5H,6-9H2,(H,15,20)(H,21,22). The van der Waals surface area contributed by atoms with Gasteiger partial charge in [0.05, 0.1) is 6.61 Å². The molecule has 1 saturated heterocycles. The molecule has 1 aromatic heterocycles. The van der Waals surface area contributed by atoms with Crippen LogP contribution in [0.3, 0.4) is 0 Å². The molecule has 9 nitrogen and oxygen atoms in total. The van der Waals surface area contributed by atoms with Crippen LogP contribution >= 0.6 is 0 Å². The predicted molar refractivity (Wildman–Crippen MR) is 77.2 cm³/mol. The molecule has 3 rings (SSSR count). The van der Waals surface area contributed by atoms with Crippen LogP contribution in [-0.4, -0.2) is 55.9 Å². The summed E-state index contributed by atoms with van der Waals surface area (Å²) in [4.78, 5) is 24.5. The van der Waals surface area contributed by atoms with Crippen molar-refractivity contribution in [1.29, 1.82) is 0 Å². The SMILES string of the molecule is O=C(Cn1nnc(-c2ccccc2)n1)NC1(C(=O)O)CCOC1. The number of carboxylic acid groups (broad SMARTS) is 1. The highest BCUT2D eigenvalue weighted by molar-refractivity contribution is 5.87. The van der Waals surface area contributed by atoms with E-state index < -0.39 is 17.4 Å². The Hall–Kier alpha value is -2.81. The number of ether oxygens (including phenoxy) is 1. The molecule has 1 fully saturated rings. The highest BCUT2D eigenvalue weighted by Crippen LogP contribution is 2.19. The van der Waals surface area contributed by atoms with Crippen molar-refractivity contribution in [2.45, 2.75) is 18.5 Å². The maximum Gasteiger partial charge on any atom is 0.331 e. The van der Waals surface area contributed by atoms with Crippen molar-refractivity contribution in [3.8, 4) is 11.4 Å². The topological polar surface area (TPSA) is 119 Å². The van der Waals surface area contributed by atoms with Crippen LogP contribution in [-0.2, 0) is 20.9 Å². The number of tetrazole rings is 1. The minimum atomic E-state index is -1.38. The largest absolute Gasteiger partial charge is 0.479 e. The molecule has 1 atom stereocenters. The molecule has 2 heterocycles. The molecule has 0 saturated carbocycles. The summed E-state index contributed by atoms with van der Waals surface area (Å²) in [5.41, 5.74) is -0.592. The molecular formula is C14H15N5O4. The molecule has 1 unspecified atom stereocenters. The first-order valence-corrected chi connectivity index (χ1v) is 7.04. The molecule has 2 aromatic rings. The fourth-order valence-electron chi connectivity index (χ4n) is 2.33. The van der Waals surface area contributed by atoms with Gasteiger partial charge in [-0.2, -0.15) is 4.80 Å². The van der Waals surface area contributed by atoms with Gasteiger partial charge >= 0.3 is 5.97 Å². The van der Waals surface area contributed by atoms with Gasteiger partial charge in [0.25, 0.3) is 0 Å². The van der Waals surface area contributed by atoms with Gasteiger partial charge in [-0.25, -0.2) is 4.79 Å². The van der Waals surface area contributed by atoms with Crippen molar-refractivity contribution in [3.05, 3.63) is 30.3 Å². The molecule has 9 heteroatoms. The van der Waals surface area contributed by atoms with Gasteiger partial charge in [-0.1, -0.05) is 30.3 Å². The summed E-state index contributed by atoms with van der Waals surface area (Å²) in [6.07, 6.45) is 0.230. The summed E-state index contributed by atoms with van der Waals surface area (Å²) < 4.78 is 5.09. The first-order chi connectivity index (χ1) is 11.1. The number of nitrogens with one attached hydrogen (secondary N) is 1. The molecule has 120 valence electrons. The van der Waals surface area contributed by atoms with Crippen LogP contribution in [0.5, 0.6) is 0 Å². The predicted octanol–water partition coefficient (Wildman–Crippen LogP) is -0.300. The number of carboxylic acids is 1. The van der Waals surface area contributed by atoms with Crippen molar-refractivity contribution in [2.24, 2.45) is 0 Å². The van der Waals surface area contributed by atoms with Gasteiger partial charge in [0.15, 0.2) is 5.54 Å². The lowest BCUT2D eigenvalue weighted by Gasteiger charge is -2.23. The molecule has 0 spiro atoms. The number of hydrogen-bond donors (Lipinski definition) is 2. The van der Waals surface area contributed by atoms with E-state index in [9.17, 15) is 14.7 Å². The van der Waals surface area contributed by atoms with Gasteiger partial charge in [0, 0.05) is 18.6 Å². The quantitative estimate of drug-likeness (QED) is 0.777. The van der Waals surface area contributed by atoms with Crippen molar-refractivity contribution < 1.29 is 19.4 Å². The van der Waals surface area contributed by atoms with Crippen LogP contribution in [0.15, 0.2) is 30.3 Å². The van der Waals surface area contributed by atoms with E-state index in [2.05, 4.69) is 20.7 Å². The average Bonchev–Trinajstić information content (AvgIpc) is 3.18. The van der Waals surface area contributed by atoms with E-state index in [1.807, 2.05) is 30.3 Å². The van der Waals surface area contributed by atoms with Crippen LogP contribution < -0.4 is 5.32 Å². The third-order valence-electron chi connectivity index (χ3n) is 3.58. The third-order valence-corrected chi connectivity index (χ3v) is 3.58. The maximum atomic E-state index is 12.1. The highest BCUT2D eigenvalue weighted by Gasteiger charge is 2.43. The summed E-state index contributed by atoms with van der Waals surface area (Å²) in [6.45, 7) is 0.0370. The van der Waals surface area contributed by atoms with Gasteiger partial charge < -0.3 is 15.2 Å². The van der Waals surface area contributed by atoms with E-state index in [1.165, 1.54) is 0 Å². The van der Waals surface area contributed by atoms with E-state index in [0.717, 1.165) is 10.4 Å². The molecule has 0 bridgehead atoms. The number of carbonyl (C=O) groups excluding carboxylic acids is 1. The number of nitrogens with zero attached hydrogens (tertiary/aromatic N) is 4. The van der Waals surface area contributed by atoms with Crippen LogP contribution in [0.2, 0.25) is 0 Å². The molecule has 1 aromatic carbocycles. The van der Waals surface area contributed by atoms with Gasteiger partial charge in [0.2, 0.25) is 11.7 Å². The zero-order valence-corrected chi connectivity index (χ0v) is 12.2. The van der Waals surface area contributed by atoms with Gasteiger partial charge in [-0.15, -0.1) is 10.2 Å². The fraction of sp³-hybridized carbons (Fsp3) is 0.357. The Kier molecular flexibility index (Phi) is 4.02. The second kappa shape index (κ2) is 6.13. The normalized spacial score (nSPS) is 20.3. The van der Waals surface area contributed by atoms with E-state index in [0.29, 0.717) is 12.4 Å². The van der Waals surface area contributed by atoms with E-state index >= 15 is 0 Å². The summed E-state index contributed by atoms with van der Waals surface area (Å²) in [5, 5.41) is 23.6. The Morgan fingerprint density at radius 2 is 2.13 bits per heavy atom. The van der Waals surface area contributed by atoms with E-state index in [-0.39, 0.29) is 19.6 Å². The molecular weight excluding hydrogens is 302 g/mol. The fourth-order valence-corrected chi connectivity index (χ4v) is 2.33. The van der Waals surface area contributed by atoms with Gasteiger partial charge in [-0.3, -0.25) is 4.79 Å². The number of aliphatic carboxylic acids is 1. The number of amides is 1. The lowest BCUT2D eigenvalue weighted by atomic mass is 9.99. The smallest absolute Gasteiger partial charge is 0.331 e. The van der Waals surface area contributed by atoms with E-state index in [1.54, 1.807) is 0 Å². The van der Waals surface area contributed by atoms with E-state index in [4.69, 9.17) is 4.74 Å². The van der Waals surface area contributed by atoms with Crippen LogP contribution in [0.4, 0.5) is 0 Å². The minimum Gasteiger partial charge on any atom is -0.479 e. The number of hydrogen-bond acceptors (Lipinski definition) is 6. The third kappa shape index (κ3) is 3.19. The van der Waals surface area contributed by atoms with Crippen molar-refractivity contribution in [3.63, 3.8) is 0 Å². The number of aromatic nitrogens is 4. The monoisotopic (exact) mass is 317 g/mol. The molecule has 23 heavy (non-hydrogen) atoms. The van der Waals surface area contributed by atoms with Crippen LogP contribution in [0.25, 0.3) is 11.4 Å². The second-order valence-electron chi connectivity index (χ2n) is 5.25. The zero-order valence-electron chi connectivity index (χ0n) is 12.2. The lowest BCUT2D eigenvalue weighted by molar-refractivity contribution is -0.147. The second-order valence-corrected chi connectivity index (χ2v) is 5.25. The van der Waals surface area contributed by atoms with Gasteiger partial charge in [-0.05, 0) is 5.21 Å². The Morgan fingerprint density at radius 1 is 1.35 bits per heavy atom. The Bertz CT molecular complexity index is 709. The van der Waals surface area contributed by atoms with Crippen molar-refractivity contribution in [2.75, 3.05) is 13.2 Å². The highest BCUT2D eigenvalue weighted by atomic mass is 16.5. The Labute approximate surface area is 131 Å². The number of carbonyl (C=O) groups is 2. The minimum absolute atomic E-state index is 0.0475. The summed E-state index contributed by atoms with van der Waals surface area (Å²) >= 11 is 0. The molecule has 0 aliphatic carbocycles. The van der Waals surface area contributed by atoms with Crippen molar-refractivity contribution in [1.82, 2.24) is 25.5 Å². The Balaban J connectivity index is 1.67. The lowest BCUT2D eigenvalue weighted by Crippen LogP contribution is -2.56. The molecule has 1 amide bonds. The number of benzene rings is 1. The maximum absolute atomic E-state index is 12.1. The molecule has 2 N–H and O–H groups in total. The van der Waals surface area contributed by atoms with Gasteiger partial charge in [0.1, 0.15) is 6.54 Å². The first kappa shape index (κ1) is 15.1. The zero-order chi connectivity index (χ0) is 16.3. The summed E-state index contributed by atoms with van der Waals surface area (Å²) in [6, 6.07) is 9.22.